The average molecular weight is 458 g/mol. The Labute approximate surface area is 185 Å². The third kappa shape index (κ3) is 4.59. The Kier molecular flexibility index (Phi) is 6.13. The van der Waals surface area contributed by atoms with E-state index in [9.17, 15) is 22.8 Å². The smallest absolute Gasteiger partial charge is 0.408 e. The van der Waals surface area contributed by atoms with Crippen LogP contribution in [0.1, 0.15) is 11.1 Å². The first-order chi connectivity index (χ1) is 15.3. The molecule has 2 saturated heterocycles. The van der Waals surface area contributed by atoms with Crippen molar-refractivity contribution in [1.82, 2.24) is 15.5 Å². The Balaban J connectivity index is 1.43. The molecule has 0 aromatic heterocycles. The van der Waals surface area contributed by atoms with E-state index in [0.717, 1.165) is 11.1 Å². The second kappa shape index (κ2) is 8.99. The van der Waals surface area contributed by atoms with Crippen LogP contribution in [0.2, 0.25) is 0 Å². The zero-order chi connectivity index (χ0) is 22.7. The summed E-state index contributed by atoms with van der Waals surface area (Å²) in [6.45, 7) is 0.165. The van der Waals surface area contributed by atoms with Crippen molar-refractivity contribution < 1.29 is 27.5 Å². The van der Waals surface area contributed by atoms with Gasteiger partial charge in [0.15, 0.2) is 15.2 Å². The quantitative estimate of drug-likeness (QED) is 0.588. The van der Waals surface area contributed by atoms with E-state index in [1.165, 1.54) is 4.90 Å². The minimum atomic E-state index is -3.48. The van der Waals surface area contributed by atoms with E-state index in [0.29, 0.717) is 0 Å². The molecule has 32 heavy (non-hydrogen) atoms. The number of nitrogens with one attached hydrogen (secondary N) is 2. The van der Waals surface area contributed by atoms with Crippen molar-refractivity contribution in [2.75, 3.05) is 12.3 Å². The summed E-state index contributed by atoms with van der Waals surface area (Å²) >= 11 is 0. The molecule has 2 fully saturated rings. The van der Waals surface area contributed by atoms with Gasteiger partial charge in [-0.25, -0.2) is 13.2 Å². The zero-order valence-corrected chi connectivity index (χ0v) is 18.0. The van der Waals surface area contributed by atoms with Gasteiger partial charge in [0.25, 0.3) is 0 Å². The van der Waals surface area contributed by atoms with Gasteiger partial charge in [0.1, 0.15) is 18.7 Å². The highest BCUT2D eigenvalue weighted by atomic mass is 32.2. The summed E-state index contributed by atoms with van der Waals surface area (Å²) in [7, 11) is -3.48. The molecule has 2 N–H and O–H groups in total. The molecule has 0 saturated carbocycles. The summed E-state index contributed by atoms with van der Waals surface area (Å²) in [6.07, 6.45) is -0.644. The van der Waals surface area contributed by atoms with Crippen LogP contribution >= 0.6 is 0 Å². The molecule has 2 aromatic rings. The summed E-state index contributed by atoms with van der Waals surface area (Å²) in [4.78, 5) is 38.8. The third-order valence-corrected chi connectivity index (χ3v) is 7.54. The number of ether oxygens (including phenoxy) is 1. The molecule has 2 aliphatic heterocycles. The Morgan fingerprint density at radius 2 is 1.66 bits per heavy atom. The lowest BCUT2D eigenvalue weighted by atomic mass is 10.0. The lowest BCUT2D eigenvalue weighted by Crippen LogP contribution is -2.71. The number of sulfone groups is 1. The van der Waals surface area contributed by atoms with Crippen LogP contribution in [-0.2, 0) is 37.2 Å². The van der Waals surface area contributed by atoms with Crippen LogP contribution in [0.5, 0.6) is 0 Å². The van der Waals surface area contributed by atoms with Gasteiger partial charge in [-0.1, -0.05) is 60.7 Å². The van der Waals surface area contributed by atoms with E-state index in [1.807, 2.05) is 24.3 Å². The van der Waals surface area contributed by atoms with Crippen molar-refractivity contribution in [3.05, 3.63) is 71.8 Å². The number of rotatable bonds is 7. The molecule has 0 aliphatic carbocycles. The minimum Gasteiger partial charge on any atom is -0.445 e. The number of carbonyl (C=O) groups is 3. The number of β-lactam (4-membered cyclic amide) rings is 1. The number of benzene rings is 2. The van der Waals surface area contributed by atoms with Gasteiger partial charge in [-0.15, -0.1) is 0 Å². The molecule has 3 amide bonds. The number of nitrogens with zero attached hydrogens (tertiary/aromatic N) is 1. The second-order valence-corrected chi connectivity index (χ2v) is 9.94. The molecule has 2 aliphatic rings. The van der Waals surface area contributed by atoms with Crippen molar-refractivity contribution >= 4 is 27.7 Å². The first-order valence-electron chi connectivity index (χ1n) is 10.2. The van der Waals surface area contributed by atoms with Crippen LogP contribution in [0, 0.1) is 0 Å². The molecular formula is C22H23N3O6S. The van der Waals surface area contributed by atoms with E-state index in [-0.39, 0.29) is 25.3 Å². The highest BCUT2D eigenvalue weighted by molar-refractivity contribution is 7.92. The van der Waals surface area contributed by atoms with Gasteiger partial charge in [0, 0.05) is 13.0 Å². The fourth-order valence-corrected chi connectivity index (χ4v) is 5.75. The maximum absolute atomic E-state index is 13.0. The van der Waals surface area contributed by atoms with E-state index >= 15 is 0 Å². The maximum atomic E-state index is 13.0. The Morgan fingerprint density at radius 1 is 1.03 bits per heavy atom. The molecule has 2 heterocycles. The highest BCUT2D eigenvalue weighted by Gasteiger charge is 2.59. The monoisotopic (exact) mass is 457 g/mol. The number of alkyl carbamates (subject to hydrolysis) is 1. The molecule has 9 nitrogen and oxygen atoms in total. The normalized spacial score (nSPS) is 21.8. The Morgan fingerprint density at radius 3 is 2.31 bits per heavy atom. The SMILES string of the molecule is O=C(N[C@H](Cc1ccccc1)C(=O)N[C@@H]1C(=O)N2CCS(=O)(=O)[C@@H]12)OCc1ccccc1. The molecule has 0 bridgehead atoms. The lowest BCUT2D eigenvalue weighted by molar-refractivity contribution is -0.147. The van der Waals surface area contributed by atoms with E-state index < -0.39 is 45.2 Å². The second-order valence-electron chi connectivity index (χ2n) is 7.72. The Hall–Kier alpha value is -3.40. The van der Waals surface area contributed by atoms with Gasteiger partial charge >= 0.3 is 6.09 Å². The topological polar surface area (TPSA) is 122 Å². The molecule has 3 atom stereocenters. The molecule has 10 heteroatoms. The van der Waals surface area contributed by atoms with Crippen LogP contribution < -0.4 is 10.6 Å². The van der Waals surface area contributed by atoms with Crippen molar-refractivity contribution in [1.29, 1.82) is 0 Å². The fraction of sp³-hybridized carbons (Fsp3) is 0.318. The van der Waals surface area contributed by atoms with Crippen LogP contribution in [0.4, 0.5) is 4.79 Å². The molecule has 0 spiro atoms. The Bertz CT molecular complexity index is 1110. The van der Waals surface area contributed by atoms with Gasteiger partial charge in [-0.2, -0.15) is 0 Å². The van der Waals surface area contributed by atoms with E-state index in [1.54, 1.807) is 36.4 Å². The first kappa shape index (κ1) is 21.8. The number of fused-ring (bicyclic) bond motifs is 1. The number of amides is 3. The standard InChI is InChI=1S/C22H23N3O6S/c26-19(24-18-20(27)25-11-12-32(29,30)21(18)25)17(13-15-7-3-1-4-8-15)23-22(28)31-14-16-9-5-2-6-10-16/h1-10,17-18,21H,11-14H2,(H,23,28)(H,24,26)/t17-,18-,21+/m1/s1. The summed E-state index contributed by atoms with van der Waals surface area (Å²) < 4.78 is 29.6. The van der Waals surface area contributed by atoms with Crippen LogP contribution in [-0.4, -0.2) is 61.0 Å². The highest BCUT2D eigenvalue weighted by Crippen LogP contribution is 2.31. The molecule has 0 radical (unpaired) electrons. The number of hydrogen-bond acceptors (Lipinski definition) is 6. The van der Waals surface area contributed by atoms with Crippen LogP contribution in [0.25, 0.3) is 0 Å². The molecular weight excluding hydrogens is 434 g/mol. The largest absolute Gasteiger partial charge is 0.445 e. The first-order valence-corrected chi connectivity index (χ1v) is 11.9. The maximum Gasteiger partial charge on any atom is 0.408 e. The number of hydrogen-bond donors (Lipinski definition) is 2. The van der Waals surface area contributed by atoms with E-state index in [4.69, 9.17) is 4.74 Å². The van der Waals surface area contributed by atoms with Crippen molar-refractivity contribution in [3.8, 4) is 0 Å². The molecule has 2 aromatic carbocycles. The zero-order valence-electron chi connectivity index (χ0n) is 17.1. The van der Waals surface area contributed by atoms with Gasteiger partial charge in [-0.3, -0.25) is 9.59 Å². The van der Waals surface area contributed by atoms with Gasteiger partial charge < -0.3 is 20.3 Å². The molecule has 4 rings (SSSR count). The summed E-state index contributed by atoms with van der Waals surface area (Å²) in [5.41, 5.74) is 1.57. The average Bonchev–Trinajstić information content (AvgIpc) is 3.08. The summed E-state index contributed by atoms with van der Waals surface area (Å²) in [5, 5.41) is 4.01. The lowest BCUT2D eigenvalue weighted by Gasteiger charge is -2.41. The van der Waals surface area contributed by atoms with Gasteiger partial charge in [0.05, 0.1) is 5.75 Å². The summed E-state index contributed by atoms with van der Waals surface area (Å²) in [6, 6.07) is 15.9. The number of carbonyl (C=O) groups excluding carboxylic acids is 3. The van der Waals surface area contributed by atoms with Crippen LogP contribution in [0.15, 0.2) is 60.7 Å². The molecule has 0 unspecified atom stereocenters. The van der Waals surface area contributed by atoms with Crippen LogP contribution in [0.3, 0.4) is 0 Å². The predicted molar refractivity (Wildman–Crippen MR) is 115 cm³/mol. The van der Waals surface area contributed by atoms with Gasteiger partial charge in [0.2, 0.25) is 11.8 Å². The minimum absolute atomic E-state index is 0.0305. The van der Waals surface area contributed by atoms with Crippen molar-refractivity contribution in [2.24, 2.45) is 0 Å². The van der Waals surface area contributed by atoms with Gasteiger partial charge in [-0.05, 0) is 11.1 Å². The third-order valence-electron chi connectivity index (χ3n) is 5.53. The van der Waals surface area contributed by atoms with E-state index in [2.05, 4.69) is 10.6 Å². The van der Waals surface area contributed by atoms with Crippen molar-refractivity contribution in [2.45, 2.75) is 30.5 Å². The molecule has 168 valence electrons. The van der Waals surface area contributed by atoms with Crippen molar-refractivity contribution in [3.63, 3.8) is 0 Å². The predicted octanol–water partition coefficient (Wildman–Crippen LogP) is 0.606. The summed E-state index contributed by atoms with van der Waals surface area (Å²) in [5.74, 6) is -1.20. The fourth-order valence-electron chi connectivity index (χ4n) is 3.86.